The number of likely N-dealkylation sites (tertiary alicyclic amines) is 1. The highest BCUT2D eigenvalue weighted by molar-refractivity contribution is 5.97. The van der Waals surface area contributed by atoms with Crippen LogP contribution < -0.4 is 9.47 Å². The van der Waals surface area contributed by atoms with Crippen LogP contribution in [0.4, 0.5) is 0 Å². The van der Waals surface area contributed by atoms with Crippen LogP contribution in [-0.4, -0.2) is 50.3 Å². The monoisotopic (exact) mass is 305 g/mol. The van der Waals surface area contributed by atoms with E-state index in [1.165, 1.54) is 0 Å². The van der Waals surface area contributed by atoms with Crippen molar-refractivity contribution in [3.63, 3.8) is 0 Å². The van der Waals surface area contributed by atoms with Crippen molar-refractivity contribution in [3.8, 4) is 11.5 Å². The van der Waals surface area contributed by atoms with Gasteiger partial charge in [0.15, 0.2) is 11.5 Å². The summed E-state index contributed by atoms with van der Waals surface area (Å²) in [5.41, 5.74) is 1.51. The fourth-order valence-electron chi connectivity index (χ4n) is 3.62. The van der Waals surface area contributed by atoms with E-state index < -0.39 is 0 Å². The summed E-state index contributed by atoms with van der Waals surface area (Å²) in [5, 5.41) is 0. The van der Waals surface area contributed by atoms with E-state index in [2.05, 4.69) is 0 Å². The van der Waals surface area contributed by atoms with Gasteiger partial charge < -0.3 is 19.1 Å². The summed E-state index contributed by atoms with van der Waals surface area (Å²) in [6, 6.07) is 3.85. The van der Waals surface area contributed by atoms with E-state index in [9.17, 15) is 4.79 Å². The van der Waals surface area contributed by atoms with Crippen molar-refractivity contribution in [1.29, 1.82) is 0 Å². The van der Waals surface area contributed by atoms with Crippen LogP contribution in [-0.2, 0) is 4.74 Å². The Kier molecular flexibility index (Phi) is 4.25. The van der Waals surface area contributed by atoms with Crippen molar-refractivity contribution in [1.82, 2.24) is 4.90 Å². The zero-order chi connectivity index (χ0) is 15.7. The molecule has 1 aromatic carbocycles. The molecule has 0 radical (unpaired) electrons. The molecule has 22 heavy (non-hydrogen) atoms. The van der Waals surface area contributed by atoms with Crippen molar-refractivity contribution in [2.75, 3.05) is 27.4 Å². The molecule has 3 rings (SSSR count). The Morgan fingerprint density at radius 2 is 2.09 bits per heavy atom. The van der Waals surface area contributed by atoms with Crippen LogP contribution >= 0.6 is 0 Å². The molecule has 0 saturated carbocycles. The van der Waals surface area contributed by atoms with E-state index in [0.29, 0.717) is 17.1 Å². The van der Waals surface area contributed by atoms with Gasteiger partial charge in [-0.2, -0.15) is 0 Å². The molecular formula is C17H23NO4. The number of rotatable bonds is 3. The molecule has 5 nitrogen and oxygen atoms in total. The van der Waals surface area contributed by atoms with E-state index >= 15 is 0 Å². The van der Waals surface area contributed by atoms with E-state index in [1.54, 1.807) is 20.3 Å². The SMILES string of the molecule is COc1ccc(C(=O)N2CCC[C@H]3OCC[C@H]32)c(C)c1OC. The predicted molar refractivity (Wildman–Crippen MR) is 82.7 cm³/mol. The number of hydrogen-bond acceptors (Lipinski definition) is 4. The summed E-state index contributed by atoms with van der Waals surface area (Å²) in [5.74, 6) is 1.35. The third-order valence-electron chi connectivity index (χ3n) is 4.75. The smallest absolute Gasteiger partial charge is 0.254 e. The molecule has 0 unspecified atom stereocenters. The lowest BCUT2D eigenvalue weighted by atomic mass is 9.96. The minimum atomic E-state index is 0.0682. The second-order valence-electron chi connectivity index (χ2n) is 5.88. The molecule has 2 fully saturated rings. The number of fused-ring (bicyclic) bond motifs is 1. The van der Waals surface area contributed by atoms with Crippen molar-refractivity contribution in [3.05, 3.63) is 23.3 Å². The number of hydrogen-bond donors (Lipinski definition) is 0. The largest absolute Gasteiger partial charge is 0.493 e. The number of methoxy groups -OCH3 is 2. The van der Waals surface area contributed by atoms with Gasteiger partial charge in [-0.3, -0.25) is 4.79 Å². The normalized spacial score (nSPS) is 24.0. The highest BCUT2D eigenvalue weighted by atomic mass is 16.5. The topological polar surface area (TPSA) is 48.0 Å². The second-order valence-corrected chi connectivity index (χ2v) is 5.88. The fourth-order valence-corrected chi connectivity index (χ4v) is 3.62. The molecule has 0 N–H and O–H groups in total. The molecule has 2 atom stereocenters. The summed E-state index contributed by atoms with van der Waals surface area (Å²) < 4.78 is 16.5. The Morgan fingerprint density at radius 1 is 1.27 bits per heavy atom. The first-order valence-electron chi connectivity index (χ1n) is 7.81. The summed E-state index contributed by atoms with van der Waals surface area (Å²) in [6.07, 6.45) is 3.19. The summed E-state index contributed by atoms with van der Waals surface area (Å²) in [7, 11) is 3.20. The van der Waals surface area contributed by atoms with E-state index in [4.69, 9.17) is 14.2 Å². The van der Waals surface area contributed by atoms with Crippen LogP contribution in [0.25, 0.3) is 0 Å². The molecule has 0 bridgehead atoms. The molecule has 1 amide bonds. The van der Waals surface area contributed by atoms with Gasteiger partial charge >= 0.3 is 0 Å². The first-order valence-corrected chi connectivity index (χ1v) is 7.81. The summed E-state index contributed by atoms with van der Waals surface area (Å²) in [4.78, 5) is 15.0. The van der Waals surface area contributed by atoms with E-state index in [-0.39, 0.29) is 18.1 Å². The molecular weight excluding hydrogens is 282 g/mol. The maximum Gasteiger partial charge on any atom is 0.254 e. The molecule has 5 heteroatoms. The second kappa shape index (κ2) is 6.16. The van der Waals surface area contributed by atoms with Crippen LogP contribution in [0.1, 0.15) is 35.2 Å². The standard InChI is InChI=1S/C17H23NO4/c1-11-12(6-7-15(20-2)16(11)21-3)17(19)18-9-4-5-14-13(18)8-10-22-14/h6-7,13-14H,4-5,8-10H2,1-3H3/t13-,14-/m1/s1. The molecule has 2 aliphatic heterocycles. The van der Waals surface area contributed by atoms with E-state index in [0.717, 1.165) is 38.0 Å². The van der Waals surface area contributed by atoms with Crippen molar-refractivity contribution >= 4 is 5.91 Å². The molecule has 2 heterocycles. The third-order valence-corrected chi connectivity index (χ3v) is 4.75. The number of carbonyl (C=O) groups is 1. The Morgan fingerprint density at radius 3 is 2.82 bits per heavy atom. The van der Waals surface area contributed by atoms with Gasteiger partial charge in [0.2, 0.25) is 0 Å². The molecule has 2 saturated heterocycles. The number of nitrogens with zero attached hydrogens (tertiary/aromatic N) is 1. The predicted octanol–water partition coefficient (Wildman–Crippen LogP) is 2.41. The lowest BCUT2D eigenvalue weighted by molar-refractivity contribution is 0.0230. The lowest BCUT2D eigenvalue weighted by Crippen LogP contribution is -2.48. The average molecular weight is 305 g/mol. The van der Waals surface area contributed by atoms with Gasteiger partial charge in [0.1, 0.15) is 0 Å². The molecule has 0 aromatic heterocycles. The average Bonchev–Trinajstić information content (AvgIpc) is 3.02. The lowest BCUT2D eigenvalue weighted by Gasteiger charge is -2.37. The van der Waals surface area contributed by atoms with Gasteiger partial charge in [0.25, 0.3) is 5.91 Å². The fraction of sp³-hybridized carbons (Fsp3) is 0.588. The number of amides is 1. The van der Waals surface area contributed by atoms with Crippen LogP contribution in [0.5, 0.6) is 11.5 Å². The highest BCUT2D eigenvalue weighted by Gasteiger charge is 2.39. The first-order chi connectivity index (χ1) is 10.7. The molecule has 0 aliphatic carbocycles. The molecule has 120 valence electrons. The van der Waals surface area contributed by atoms with Gasteiger partial charge in [-0.15, -0.1) is 0 Å². The van der Waals surface area contributed by atoms with Gasteiger partial charge in [-0.05, 0) is 38.3 Å². The summed E-state index contributed by atoms with van der Waals surface area (Å²) >= 11 is 0. The maximum atomic E-state index is 13.0. The van der Waals surface area contributed by atoms with Gasteiger partial charge in [0.05, 0.1) is 26.4 Å². The zero-order valence-electron chi connectivity index (χ0n) is 13.4. The Hall–Kier alpha value is -1.75. The number of ether oxygens (including phenoxy) is 3. The van der Waals surface area contributed by atoms with Crippen LogP contribution in [0.2, 0.25) is 0 Å². The molecule has 1 aromatic rings. The zero-order valence-corrected chi connectivity index (χ0v) is 13.4. The Labute approximate surface area is 131 Å². The van der Waals surface area contributed by atoms with Crippen LogP contribution in [0, 0.1) is 6.92 Å². The van der Waals surface area contributed by atoms with Gasteiger partial charge in [-0.1, -0.05) is 0 Å². The van der Waals surface area contributed by atoms with E-state index in [1.807, 2.05) is 17.9 Å². The maximum absolute atomic E-state index is 13.0. The van der Waals surface area contributed by atoms with Crippen LogP contribution in [0.15, 0.2) is 12.1 Å². The number of carbonyl (C=O) groups excluding carboxylic acids is 1. The number of piperidine rings is 1. The minimum Gasteiger partial charge on any atom is -0.493 e. The molecule has 2 aliphatic rings. The Bertz CT molecular complexity index is 572. The van der Waals surface area contributed by atoms with Crippen molar-refractivity contribution < 1.29 is 19.0 Å². The minimum absolute atomic E-state index is 0.0682. The Balaban J connectivity index is 1.91. The highest BCUT2D eigenvalue weighted by Crippen LogP contribution is 2.35. The molecule has 0 spiro atoms. The summed E-state index contributed by atoms with van der Waals surface area (Å²) in [6.45, 7) is 3.46. The van der Waals surface area contributed by atoms with Crippen molar-refractivity contribution in [2.45, 2.75) is 38.3 Å². The van der Waals surface area contributed by atoms with Crippen LogP contribution in [0.3, 0.4) is 0 Å². The van der Waals surface area contributed by atoms with Crippen molar-refractivity contribution in [2.24, 2.45) is 0 Å². The number of benzene rings is 1. The first kappa shape index (κ1) is 15.2. The third kappa shape index (κ3) is 2.43. The van der Waals surface area contributed by atoms with Gasteiger partial charge in [0, 0.05) is 24.3 Å². The van der Waals surface area contributed by atoms with Gasteiger partial charge in [-0.25, -0.2) is 0 Å². The quantitative estimate of drug-likeness (QED) is 0.860.